The number of carboxylic acids is 1. The normalized spacial score (nSPS) is 22.0. The van der Waals surface area contributed by atoms with Crippen LogP contribution < -0.4 is 10.6 Å². The molecule has 19 heavy (non-hydrogen) atoms. The fourth-order valence-corrected chi connectivity index (χ4v) is 2.32. The standard InChI is InChI=1S/C13H25N3O3/c1-9(2)11(7-12(17)18)15-13(19)14-10-5-4-6-16(3)8-10/h9-11H,4-8H2,1-3H3,(H,17,18)(H2,14,15,19). The Kier molecular flexibility index (Phi) is 6.08. The predicted molar refractivity (Wildman–Crippen MR) is 73.1 cm³/mol. The first kappa shape index (κ1) is 15.8. The summed E-state index contributed by atoms with van der Waals surface area (Å²) in [5.41, 5.74) is 0. The van der Waals surface area contributed by atoms with E-state index in [1.165, 1.54) is 0 Å². The van der Waals surface area contributed by atoms with Gasteiger partial charge in [-0.2, -0.15) is 0 Å². The average molecular weight is 271 g/mol. The van der Waals surface area contributed by atoms with Gasteiger partial charge in [-0.25, -0.2) is 4.79 Å². The molecule has 0 saturated carbocycles. The number of rotatable bonds is 5. The largest absolute Gasteiger partial charge is 0.481 e. The van der Waals surface area contributed by atoms with Crippen LogP contribution in [0.4, 0.5) is 4.79 Å². The highest BCUT2D eigenvalue weighted by atomic mass is 16.4. The van der Waals surface area contributed by atoms with Crippen LogP contribution in [0.2, 0.25) is 0 Å². The molecule has 3 N–H and O–H groups in total. The highest BCUT2D eigenvalue weighted by Crippen LogP contribution is 2.09. The smallest absolute Gasteiger partial charge is 0.315 e. The molecule has 1 aliphatic rings. The van der Waals surface area contributed by atoms with Crippen LogP contribution >= 0.6 is 0 Å². The Balaban J connectivity index is 2.41. The van der Waals surface area contributed by atoms with Crippen LogP contribution in [0.25, 0.3) is 0 Å². The second-order valence-electron chi connectivity index (χ2n) is 5.67. The lowest BCUT2D eigenvalue weighted by atomic mass is 10.0. The van der Waals surface area contributed by atoms with Crippen LogP contribution in [0.15, 0.2) is 0 Å². The fraction of sp³-hybridized carbons (Fsp3) is 0.846. The summed E-state index contributed by atoms with van der Waals surface area (Å²) < 4.78 is 0. The number of likely N-dealkylation sites (tertiary alicyclic amines) is 1. The summed E-state index contributed by atoms with van der Waals surface area (Å²) in [6.07, 6.45) is 2.00. The number of hydrogen-bond donors (Lipinski definition) is 3. The van der Waals surface area contributed by atoms with E-state index in [1.807, 2.05) is 20.9 Å². The maximum atomic E-state index is 11.9. The topological polar surface area (TPSA) is 81.7 Å². The Morgan fingerprint density at radius 1 is 1.42 bits per heavy atom. The van der Waals surface area contributed by atoms with E-state index in [4.69, 9.17) is 5.11 Å². The number of nitrogens with zero attached hydrogens (tertiary/aromatic N) is 1. The van der Waals surface area contributed by atoms with Crippen molar-refractivity contribution >= 4 is 12.0 Å². The third-order valence-electron chi connectivity index (χ3n) is 3.48. The van der Waals surface area contributed by atoms with Gasteiger partial charge in [-0.05, 0) is 32.4 Å². The molecule has 1 aliphatic heterocycles. The van der Waals surface area contributed by atoms with Gasteiger partial charge in [0.2, 0.25) is 0 Å². The van der Waals surface area contributed by atoms with Crippen molar-refractivity contribution in [2.75, 3.05) is 20.1 Å². The van der Waals surface area contributed by atoms with Crippen molar-refractivity contribution in [3.05, 3.63) is 0 Å². The van der Waals surface area contributed by atoms with E-state index in [0.29, 0.717) is 0 Å². The molecule has 0 bridgehead atoms. The summed E-state index contributed by atoms with van der Waals surface area (Å²) in [6.45, 7) is 5.72. The molecular weight excluding hydrogens is 246 g/mol. The van der Waals surface area contributed by atoms with Gasteiger partial charge < -0.3 is 20.6 Å². The number of aliphatic carboxylic acids is 1. The summed E-state index contributed by atoms with van der Waals surface area (Å²) in [5, 5.41) is 14.5. The van der Waals surface area contributed by atoms with Gasteiger partial charge in [-0.1, -0.05) is 13.8 Å². The first-order valence-corrected chi connectivity index (χ1v) is 6.86. The Morgan fingerprint density at radius 2 is 2.11 bits per heavy atom. The number of carboxylic acid groups (broad SMARTS) is 1. The van der Waals surface area contributed by atoms with Crippen molar-refractivity contribution in [1.29, 1.82) is 0 Å². The Hall–Kier alpha value is -1.30. The molecule has 1 fully saturated rings. The summed E-state index contributed by atoms with van der Waals surface area (Å²) in [5.74, 6) is -0.799. The number of carbonyl (C=O) groups is 2. The predicted octanol–water partition coefficient (Wildman–Crippen LogP) is 0.879. The van der Waals surface area contributed by atoms with Crippen LogP contribution in [0.5, 0.6) is 0 Å². The van der Waals surface area contributed by atoms with Gasteiger partial charge >= 0.3 is 12.0 Å². The summed E-state index contributed by atoms with van der Waals surface area (Å²) in [6, 6.07) is -0.449. The van der Waals surface area contributed by atoms with E-state index < -0.39 is 5.97 Å². The number of piperidine rings is 1. The quantitative estimate of drug-likeness (QED) is 0.693. The second kappa shape index (κ2) is 7.33. The molecule has 1 heterocycles. The molecule has 6 nitrogen and oxygen atoms in total. The lowest BCUT2D eigenvalue weighted by molar-refractivity contribution is -0.137. The van der Waals surface area contributed by atoms with Gasteiger partial charge in [0.05, 0.1) is 6.42 Å². The third-order valence-corrected chi connectivity index (χ3v) is 3.48. The van der Waals surface area contributed by atoms with Gasteiger partial charge in [0.25, 0.3) is 0 Å². The number of hydrogen-bond acceptors (Lipinski definition) is 3. The van der Waals surface area contributed by atoms with Crippen LogP contribution in [-0.4, -0.2) is 54.2 Å². The van der Waals surface area contributed by atoms with E-state index in [0.717, 1.165) is 25.9 Å². The molecule has 0 aromatic heterocycles. The van der Waals surface area contributed by atoms with Gasteiger partial charge in [-0.15, -0.1) is 0 Å². The van der Waals surface area contributed by atoms with Gasteiger partial charge in [-0.3, -0.25) is 4.79 Å². The maximum absolute atomic E-state index is 11.9. The first-order chi connectivity index (χ1) is 8.88. The number of urea groups is 1. The monoisotopic (exact) mass is 271 g/mol. The van der Waals surface area contributed by atoms with Crippen molar-refractivity contribution in [3.8, 4) is 0 Å². The van der Waals surface area contributed by atoms with Crippen molar-refractivity contribution < 1.29 is 14.7 Å². The molecular formula is C13H25N3O3. The molecule has 110 valence electrons. The molecule has 2 amide bonds. The molecule has 2 atom stereocenters. The lowest BCUT2D eigenvalue weighted by Crippen LogP contribution is -2.52. The molecule has 1 saturated heterocycles. The minimum absolute atomic E-state index is 0.0460. The van der Waals surface area contributed by atoms with Gasteiger partial charge in [0.15, 0.2) is 0 Å². The minimum Gasteiger partial charge on any atom is -0.481 e. The molecule has 0 aromatic rings. The Morgan fingerprint density at radius 3 is 2.63 bits per heavy atom. The minimum atomic E-state index is -0.892. The van der Waals surface area contributed by atoms with E-state index in [-0.39, 0.29) is 30.5 Å². The van der Waals surface area contributed by atoms with E-state index >= 15 is 0 Å². The molecule has 0 radical (unpaired) electrons. The second-order valence-corrected chi connectivity index (χ2v) is 5.67. The SMILES string of the molecule is CC(C)C(CC(=O)O)NC(=O)NC1CCCN(C)C1. The highest BCUT2D eigenvalue weighted by Gasteiger charge is 2.22. The molecule has 0 aromatic carbocycles. The zero-order valence-corrected chi connectivity index (χ0v) is 12.0. The van der Waals surface area contributed by atoms with Gasteiger partial charge in [0.1, 0.15) is 0 Å². The lowest BCUT2D eigenvalue weighted by Gasteiger charge is -2.31. The third kappa shape index (κ3) is 5.92. The van der Waals surface area contributed by atoms with Crippen LogP contribution in [-0.2, 0) is 4.79 Å². The van der Waals surface area contributed by atoms with E-state index in [9.17, 15) is 9.59 Å². The molecule has 6 heteroatoms. The Bertz CT molecular complexity index is 320. The molecule has 0 aliphatic carbocycles. The van der Waals surface area contributed by atoms with Crippen LogP contribution in [0.1, 0.15) is 33.1 Å². The van der Waals surface area contributed by atoms with Crippen molar-refractivity contribution in [2.45, 2.75) is 45.2 Å². The van der Waals surface area contributed by atoms with E-state index in [2.05, 4.69) is 15.5 Å². The Labute approximate surface area is 114 Å². The molecule has 0 spiro atoms. The number of likely N-dealkylation sites (N-methyl/N-ethyl adjacent to an activating group) is 1. The van der Waals surface area contributed by atoms with Crippen LogP contribution in [0, 0.1) is 5.92 Å². The zero-order chi connectivity index (χ0) is 14.4. The zero-order valence-electron chi connectivity index (χ0n) is 12.0. The van der Waals surface area contributed by atoms with E-state index in [1.54, 1.807) is 0 Å². The summed E-state index contributed by atoms with van der Waals surface area (Å²) in [4.78, 5) is 24.8. The molecule has 2 unspecified atom stereocenters. The number of nitrogens with one attached hydrogen (secondary N) is 2. The summed E-state index contributed by atoms with van der Waals surface area (Å²) in [7, 11) is 2.03. The maximum Gasteiger partial charge on any atom is 0.315 e. The number of amides is 2. The van der Waals surface area contributed by atoms with Crippen molar-refractivity contribution in [1.82, 2.24) is 15.5 Å². The van der Waals surface area contributed by atoms with Gasteiger partial charge in [0, 0.05) is 18.6 Å². The van der Waals surface area contributed by atoms with Crippen molar-refractivity contribution in [3.63, 3.8) is 0 Å². The average Bonchev–Trinajstić information content (AvgIpc) is 2.27. The fourth-order valence-electron chi connectivity index (χ4n) is 2.32. The summed E-state index contributed by atoms with van der Waals surface area (Å²) >= 11 is 0. The first-order valence-electron chi connectivity index (χ1n) is 6.86. The molecule has 1 rings (SSSR count). The van der Waals surface area contributed by atoms with Crippen molar-refractivity contribution in [2.24, 2.45) is 5.92 Å². The van der Waals surface area contributed by atoms with Crippen LogP contribution in [0.3, 0.4) is 0 Å². The number of carbonyl (C=O) groups excluding carboxylic acids is 1. The highest BCUT2D eigenvalue weighted by molar-refractivity contribution is 5.76.